The van der Waals surface area contributed by atoms with Gasteiger partial charge in [-0.1, -0.05) is 6.42 Å². The monoisotopic (exact) mass is 350 g/mol. The van der Waals surface area contributed by atoms with E-state index in [2.05, 4.69) is 32.2 Å². The zero-order valence-corrected chi connectivity index (χ0v) is 15.0. The lowest BCUT2D eigenvalue weighted by Gasteiger charge is -2.41. The number of fused-ring (bicyclic) bond motifs is 1. The van der Waals surface area contributed by atoms with Crippen LogP contribution in [0.5, 0.6) is 0 Å². The topological polar surface area (TPSA) is 67.2 Å². The van der Waals surface area contributed by atoms with Crippen molar-refractivity contribution in [2.75, 3.05) is 37.7 Å². The van der Waals surface area contributed by atoms with E-state index in [-0.39, 0.29) is 11.8 Å². The van der Waals surface area contributed by atoms with Crippen molar-refractivity contribution < 1.29 is 4.79 Å². The number of nitrogens with zero attached hydrogens (tertiary/aromatic N) is 6. The van der Waals surface area contributed by atoms with Crippen molar-refractivity contribution in [3.05, 3.63) is 5.82 Å². The summed E-state index contributed by atoms with van der Waals surface area (Å²) in [5, 5.41) is 12.0. The smallest absolute Gasteiger partial charge is 0.233 e. The van der Waals surface area contributed by atoms with Crippen LogP contribution < -0.4 is 0 Å². The number of piperazine rings is 1. The van der Waals surface area contributed by atoms with Gasteiger partial charge >= 0.3 is 0 Å². The average molecular weight is 350 g/mol. The number of hydrogen-bond donors (Lipinski definition) is 0. The number of carbonyl (C=O) groups excluding carboxylic acids is 1. The predicted molar refractivity (Wildman–Crippen MR) is 92.9 cm³/mol. The fraction of sp³-hybridized carbons (Fsp3) is 0.875. The van der Waals surface area contributed by atoms with Crippen molar-refractivity contribution in [1.29, 1.82) is 0 Å². The van der Waals surface area contributed by atoms with Crippen molar-refractivity contribution in [3.63, 3.8) is 0 Å². The fourth-order valence-corrected chi connectivity index (χ4v) is 5.25. The van der Waals surface area contributed by atoms with Gasteiger partial charge in [0, 0.05) is 38.8 Å². The van der Waals surface area contributed by atoms with E-state index in [0.29, 0.717) is 0 Å². The molecule has 0 aromatic carbocycles. The van der Waals surface area contributed by atoms with Gasteiger partial charge < -0.3 is 4.90 Å². The molecule has 0 bridgehead atoms. The Morgan fingerprint density at radius 1 is 1.00 bits per heavy atom. The number of hydrogen-bond acceptors (Lipinski definition) is 6. The number of amides is 1. The Morgan fingerprint density at radius 3 is 2.58 bits per heavy atom. The molecule has 1 amide bonds. The highest BCUT2D eigenvalue weighted by atomic mass is 32.2. The number of tetrazole rings is 1. The van der Waals surface area contributed by atoms with Crippen LogP contribution in [0.25, 0.3) is 0 Å². The lowest BCUT2D eigenvalue weighted by Crippen LogP contribution is -2.53. The molecule has 3 aliphatic rings. The molecule has 0 aliphatic carbocycles. The van der Waals surface area contributed by atoms with Gasteiger partial charge in [-0.3, -0.25) is 9.69 Å². The number of thioether (sulfide) groups is 1. The SMILES string of the molecule is O=C(C1CCCCn2nnnc21)N1CCN(C2CCSCC2)CC1. The Kier molecular flexibility index (Phi) is 5.03. The summed E-state index contributed by atoms with van der Waals surface area (Å²) in [6.45, 7) is 4.55. The van der Waals surface area contributed by atoms with Crippen molar-refractivity contribution in [2.24, 2.45) is 0 Å². The van der Waals surface area contributed by atoms with Gasteiger partial charge in [-0.05, 0) is 47.6 Å². The van der Waals surface area contributed by atoms with Crippen LogP contribution in [0.2, 0.25) is 0 Å². The molecule has 24 heavy (non-hydrogen) atoms. The first-order valence-corrected chi connectivity index (χ1v) is 10.3. The van der Waals surface area contributed by atoms with E-state index in [4.69, 9.17) is 0 Å². The van der Waals surface area contributed by atoms with Gasteiger partial charge in [-0.2, -0.15) is 11.8 Å². The molecule has 0 saturated carbocycles. The summed E-state index contributed by atoms with van der Waals surface area (Å²) in [6.07, 6.45) is 5.59. The third kappa shape index (κ3) is 3.31. The zero-order chi connectivity index (χ0) is 16.4. The Morgan fingerprint density at radius 2 is 1.79 bits per heavy atom. The first kappa shape index (κ1) is 16.3. The molecule has 2 saturated heterocycles. The lowest BCUT2D eigenvalue weighted by molar-refractivity contribution is -0.135. The van der Waals surface area contributed by atoms with Gasteiger partial charge in [-0.25, -0.2) is 4.68 Å². The number of carbonyl (C=O) groups is 1. The molecule has 132 valence electrons. The molecule has 2 fully saturated rings. The van der Waals surface area contributed by atoms with E-state index >= 15 is 0 Å². The molecule has 4 rings (SSSR count). The van der Waals surface area contributed by atoms with Gasteiger partial charge in [0.2, 0.25) is 5.91 Å². The van der Waals surface area contributed by atoms with Gasteiger partial charge in [0.1, 0.15) is 0 Å². The van der Waals surface area contributed by atoms with E-state index in [9.17, 15) is 4.79 Å². The fourth-order valence-electron chi connectivity index (χ4n) is 4.17. The molecule has 1 aromatic rings. The Balaban J connectivity index is 1.38. The molecular formula is C16H26N6OS. The second kappa shape index (κ2) is 7.39. The van der Waals surface area contributed by atoms with E-state index in [1.807, 2.05) is 9.58 Å². The van der Waals surface area contributed by atoms with Crippen molar-refractivity contribution in [3.8, 4) is 0 Å². The molecule has 0 spiro atoms. The average Bonchev–Trinajstić information content (AvgIpc) is 3.01. The maximum Gasteiger partial charge on any atom is 0.233 e. The largest absolute Gasteiger partial charge is 0.339 e. The van der Waals surface area contributed by atoms with Crippen molar-refractivity contribution in [1.82, 2.24) is 30.0 Å². The first-order chi connectivity index (χ1) is 11.8. The van der Waals surface area contributed by atoms with Crippen molar-refractivity contribution >= 4 is 17.7 Å². The minimum atomic E-state index is -0.153. The minimum absolute atomic E-state index is 0.153. The molecule has 0 N–H and O–H groups in total. The molecule has 1 aromatic heterocycles. The zero-order valence-electron chi connectivity index (χ0n) is 14.1. The highest BCUT2D eigenvalue weighted by molar-refractivity contribution is 7.99. The Hall–Kier alpha value is -1.15. The van der Waals surface area contributed by atoms with E-state index in [1.165, 1.54) is 24.3 Å². The van der Waals surface area contributed by atoms with Crippen LogP contribution in [0.1, 0.15) is 43.8 Å². The predicted octanol–water partition coefficient (Wildman–Crippen LogP) is 0.980. The summed E-state index contributed by atoms with van der Waals surface area (Å²) in [6, 6.07) is 0.730. The normalized spacial score (nSPS) is 26.8. The van der Waals surface area contributed by atoms with Crippen LogP contribution in [0, 0.1) is 0 Å². The standard InChI is InChI=1S/C16H26N6OS/c23-16(14-3-1-2-6-22-15(14)17-18-19-22)21-9-7-20(8-10-21)13-4-11-24-12-5-13/h13-14H,1-12H2. The summed E-state index contributed by atoms with van der Waals surface area (Å²) >= 11 is 2.07. The van der Waals surface area contributed by atoms with Gasteiger partial charge in [0.15, 0.2) is 5.82 Å². The van der Waals surface area contributed by atoms with Crippen LogP contribution in [-0.4, -0.2) is 79.6 Å². The maximum absolute atomic E-state index is 13.0. The summed E-state index contributed by atoms with van der Waals surface area (Å²) in [5.74, 6) is 3.42. The van der Waals surface area contributed by atoms with Gasteiger partial charge in [0.25, 0.3) is 0 Å². The quantitative estimate of drug-likeness (QED) is 0.792. The molecule has 4 heterocycles. The first-order valence-electron chi connectivity index (χ1n) is 9.19. The van der Waals surface area contributed by atoms with Gasteiger partial charge in [0.05, 0.1) is 5.92 Å². The molecule has 1 unspecified atom stereocenters. The summed E-state index contributed by atoms with van der Waals surface area (Å²) < 4.78 is 1.82. The number of aromatic nitrogens is 4. The van der Waals surface area contributed by atoms with Gasteiger partial charge in [-0.15, -0.1) is 5.10 Å². The van der Waals surface area contributed by atoms with E-state index in [1.54, 1.807) is 0 Å². The van der Waals surface area contributed by atoms with E-state index in [0.717, 1.165) is 63.9 Å². The lowest BCUT2D eigenvalue weighted by atomic mass is 10.00. The molecule has 3 aliphatic heterocycles. The second-order valence-electron chi connectivity index (χ2n) is 7.01. The number of aryl methyl sites for hydroxylation is 1. The van der Waals surface area contributed by atoms with Crippen LogP contribution in [0.4, 0.5) is 0 Å². The highest BCUT2D eigenvalue weighted by Gasteiger charge is 2.34. The van der Waals surface area contributed by atoms with Crippen LogP contribution in [0.3, 0.4) is 0 Å². The molecule has 7 nitrogen and oxygen atoms in total. The summed E-state index contributed by atoms with van der Waals surface area (Å²) in [7, 11) is 0. The molecule has 8 heteroatoms. The third-order valence-corrected chi connectivity index (χ3v) is 6.66. The molecule has 1 atom stereocenters. The van der Waals surface area contributed by atoms with Crippen LogP contribution in [-0.2, 0) is 11.3 Å². The van der Waals surface area contributed by atoms with Crippen molar-refractivity contribution in [2.45, 2.75) is 50.6 Å². The van der Waals surface area contributed by atoms with E-state index < -0.39 is 0 Å². The summed E-state index contributed by atoms with van der Waals surface area (Å²) in [4.78, 5) is 17.7. The summed E-state index contributed by atoms with van der Waals surface area (Å²) in [5.41, 5.74) is 0. The molecule has 0 radical (unpaired) electrons. The highest BCUT2D eigenvalue weighted by Crippen LogP contribution is 2.27. The Labute approximate surface area is 147 Å². The minimum Gasteiger partial charge on any atom is -0.339 e. The van der Waals surface area contributed by atoms with Crippen LogP contribution in [0.15, 0.2) is 0 Å². The maximum atomic E-state index is 13.0. The number of rotatable bonds is 2. The third-order valence-electron chi connectivity index (χ3n) is 5.62. The molecular weight excluding hydrogens is 324 g/mol. The van der Waals surface area contributed by atoms with Crippen LogP contribution >= 0.6 is 11.8 Å². The Bertz CT molecular complexity index is 565. The second-order valence-corrected chi connectivity index (χ2v) is 8.24.